The van der Waals surface area contributed by atoms with Crippen molar-refractivity contribution in [1.29, 1.82) is 0 Å². The van der Waals surface area contributed by atoms with Crippen LogP contribution in [0.25, 0.3) is 5.82 Å². The van der Waals surface area contributed by atoms with E-state index in [9.17, 15) is 14.3 Å². The van der Waals surface area contributed by atoms with Crippen LogP contribution >= 0.6 is 0 Å². The number of amides is 1. The summed E-state index contributed by atoms with van der Waals surface area (Å²) < 4.78 is 15.5. The number of primary amides is 1. The Morgan fingerprint density at radius 2 is 1.91 bits per heavy atom. The van der Waals surface area contributed by atoms with Crippen molar-refractivity contribution >= 4 is 18.1 Å². The van der Waals surface area contributed by atoms with Gasteiger partial charge in [0, 0.05) is 45.0 Å². The molecular formula is C22H24FN9O2. The molecule has 0 saturated carbocycles. The monoisotopic (exact) mass is 465 g/mol. The molecule has 4 heterocycles. The van der Waals surface area contributed by atoms with Crippen LogP contribution in [0.5, 0.6) is 0 Å². The van der Waals surface area contributed by atoms with Gasteiger partial charge in [0.15, 0.2) is 11.6 Å². The number of hydrogen-bond acceptors (Lipinski definition) is 9. The molecule has 1 fully saturated rings. The summed E-state index contributed by atoms with van der Waals surface area (Å²) in [5, 5.41) is 21.1. The van der Waals surface area contributed by atoms with Crippen molar-refractivity contribution in [1.82, 2.24) is 29.7 Å². The summed E-state index contributed by atoms with van der Waals surface area (Å²) in [6.45, 7) is 2.14. The average molecular weight is 465 g/mol. The largest absolute Gasteiger partial charge is 0.366 e. The van der Waals surface area contributed by atoms with E-state index < -0.39 is 18.1 Å². The zero-order chi connectivity index (χ0) is 23.7. The van der Waals surface area contributed by atoms with E-state index in [0.29, 0.717) is 32.1 Å². The first-order valence-corrected chi connectivity index (χ1v) is 10.9. The van der Waals surface area contributed by atoms with Gasteiger partial charge in [-0.15, -0.1) is 0 Å². The molecule has 0 bridgehead atoms. The molecule has 3 aromatic rings. The van der Waals surface area contributed by atoms with Crippen LogP contribution in [-0.4, -0.2) is 79.4 Å². The molecule has 12 heteroatoms. The SMILES string of the molecule is NC(=O)c1cnn(-c2nc(N3CCN(C(O)N4N=CC[C@H]4c4ccccc4)CC3)ncc2F)c1. The summed E-state index contributed by atoms with van der Waals surface area (Å²) in [5.41, 5.74) is 6.50. The highest BCUT2D eigenvalue weighted by Crippen LogP contribution is 2.30. The molecule has 11 nitrogen and oxygen atoms in total. The number of nitrogens with zero attached hydrogens (tertiary/aromatic N) is 8. The van der Waals surface area contributed by atoms with Gasteiger partial charge in [-0.3, -0.25) is 9.69 Å². The Bertz CT molecular complexity index is 1190. The quantitative estimate of drug-likeness (QED) is 0.545. The predicted molar refractivity (Wildman–Crippen MR) is 122 cm³/mol. The molecule has 1 aromatic carbocycles. The Labute approximate surface area is 194 Å². The Hall–Kier alpha value is -3.90. The van der Waals surface area contributed by atoms with E-state index in [-0.39, 0.29) is 17.4 Å². The molecule has 0 spiro atoms. The van der Waals surface area contributed by atoms with E-state index in [1.165, 1.54) is 12.4 Å². The van der Waals surface area contributed by atoms with Crippen LogP contribution in [0.3, 0.4) is 0 Å². The minimum absolute atomic E-state index is 0.0171. The number of anilines is 1. The van der Waals surface area contributed by atoms with Crippen molar-refractivity contribution in [3.05, 3.63) is 65.9 Å². The van der Waals surface area contributed by atoms with Crippen molar-refractivity contribution in [2.24, 2.45) is 10.8 Å². The van der Waals surface area contributed by atoms with Crippen LogP contribution in [0.2, 0.25) is 0 Å². The zero-order valence-electron chi connectivity index (χ0n) is 18.3. The normalized spacial score (nSPS) is 19.5. The first-order valence-electron chi connectivity index (χ1n) is 10.9. The minimum Gasteiger partial charge on any atom is -0.366 e. The van der Waals surface area contributed by atoms with Gasteiger partial charge in [0.1, 0.15) is 0 Å². The van der Waals surface area contributed by atoms with E-state index in [1.807, 2.05) is 46.3 Å². The molecule has 3 N–H and O–H groups in total. The number of piperazine rings is 1. The molecule has 1 amide bonds. The fourth-order valence-electron chi connectivity index (χ4n) is 4.16. The first kappa shape index (κ1) is 21.9. The molecular weight excluding hydrogens is 441 g/mol. The molecule has 176 valence electrons. The number of carbonyl (C=O) groups is 1. The van der Waals surface area contributed by atoms with Gasteiger partial charge in [0.25, 0.3) is 5.91 Å². The third-order valence-corrected chi connectivity index (χ3v) is 6.00. The van der Waals surface area contributed by atoms with Crippen molar-refractivity contribution in [2.75, 3.05) is 31.1 Å². The molecule has 0 radical (unpaired) electrons. The van der Waals surface area contributed by atoms with Crippen LogP contribution in [0, 0.1) is 5.82 Å². The van der Waals surface area contributed by atoms with E-state index >= 15 is 0 Å². The highest BCUT2D eigenvalue weighted by atomic mass is 19.1. The lowest BCUT2D eigenvalue weighted by Gasteiger charge is -2.41. The van der Waals surface area contributed by atoms with Crippen molar-refractivity contribution in [3.8, 4) is 5.82 Å². The highest BCUT2D eigenvalue weighted by Gasteiger charge is 2.33. The number of aliphatic hydroxyl groups is 1. The van der Waals surface area contributed by atoms with Gasteiger partial charge in [-0.05, 0) is 5.56 Å². The fourth-order valence-corrected chi connectivity index (χ4v) is 4.16. The number of aromatic nitrogens is 4. The number of halogens is 1. The molecule has 2 atom stereocenters. The van der Waals surface area contributed by atoms with Crippen molar-refractivity contribution in [3.63, 3.8) is 0 Å². The standard InChI is InChI=1S/C22H24FN9O2/c23-17-13-25-21(28-20(17)31-14-16(12-27-31)19(24)33)29-8-10-30(11-9-29)22(34)32-18(6-7-26-32)15-4-2-1-3-5-15/h1-5,7,12-14,18,22,34H,6,8-11H2,(H2,24,33)/t18-,22?/m0/s1. The third-order valence-electron chi connectivity index (χ3n) is 6.00. The van der Waals surface area contributed by atoms with Gasteiger partial charge in [0.05, 0.1) is 24.0 Å². The summed E-state index contributed by atoms with van der Waals surface area (Å²) >= 11 is 0. The van der Waals surface area contributed by atoms with E-state index in [2.05, 4.69) is 20.2 Å². The Balaban J connectivity index is 1.26. The van der Waals surface area contributed by atoms with Gasteiger partial charge >= 0.3 is 0 Å². The van der Waals surface area contributed by atoms with Gasteiger partial charge in [-0.2, -0.15) is 15.2 Å². The van der Waals surface area contributed by atoms with Crippen LogP contribution in [0.15, 0.2) is 54.0 Å². The Kier molecular flexibility index (Phi) is 5.90. The molecule has 2 aliphatic heterocycles. The number of benzene rings is 1. The van der Waals surface area contributed by atoms with Crippen molar-refractivity contribution in [2.45, 2.75) is 18.8 Å². The zero-order valence-corrected chi connectivity index (χ0v) is 18.3. The number of rotatable bonds is 6. The first-order chi connectivity index (χ1) is 16.5. The molecule has 5 rings (SSSR count). The maximum absolute atomic E-state index is 14.4. The fraction of sp³-hybridized carbons (Fsp3) is 0.318. The molecule has 2 aromatic heterocycles. The van der Waals surface area contributed by atoms with Crippen LogP contribution in [-0.2, 0) is 0 Å². The minimum atomic E-state index is -0.868. The molecule has 1 unspecified atom stereocenters. The summed E-state index contributed by atoms with van der Waals surface area (Å²) in [6, 6.07) is 9.97. The summed E-state index contributed by atoms with van der Waals surface area (Å²) in [4.78, 5) is 23.6. The second-order valence-corrected chi connectivity index (χ2v) is 8.09. The molecule has 34 heavy (non-hydrogen) atoms. The number of carbonyl (C=O) groups excluding carboxylic acids is 1. The van der Waals surface area contributed by atoms with E-state index in [1.54, 1.807) is 5.01 Å². The number of aliphatic hydroxyl groups excluding tert-OH is 1. The Morgan fingerprint density at radius 3 is 2.62 bits per heavy atom. The second kappa shape index (κ2) is 9.15. The average Bonchev–Trinajstić information content (AvgIpc) is 3.55. The second-order valence-electron chi connectivity index (χ2n) is 8.09. The van der Waals surface area contributed by atoms with E-state index in [4.69, 9.17) is 5.73 Å². The number of nitrogens with two attached hydrogens (primary N) is 1. The van der Waals surface area contributed by atoms with Crippen molar-refractivity contribution < 1.29 is 14.3 Å². The summed E-state index contributed by atoms with van der Waals surface area (Å²) in [7, 11) is 0. The van der Waals surface area contributed by atoms with Gasteiger partial charge < -0.3 is 15.7 Å². The van der Waals surface area contributed by atoms with Crippen LogP contribution < -0.4 is 10.6 Å². The van der Waals surface area contributed by atoms with Gasteiger partial charge in [-0.25, -0.2) is 19.1 Å². The maximum atomic E-state index is 14.4. The topological polar surface area (TPSA) is 129 Å². The molecule has 0 aliphatic carbocycles. The number of hydrazone groups is 1. The van der Waals surface area contributed by atoms with E-state index in [0.717, 1.165) is 22.9 Å². The maximum Gasteiger partial charge on any atom is 0.251 e. The van der Waals surface area contributed by atoms with Crippen LogP contribution in [0.4, 0.5) is 10.3 Å². The lowest BCUT2D eigenvalue weighted by molar-refractivity contribution is -0.126. The summed E-state index contributed by atoms with van der Waals surface area (Å²) in [6.07, 6.45) is 5.35. The molecule has 2 aliphatic rings. The lowest BCUT2D eigenvalue weighted by atomic mass is 10.0. The predicted octanol–water partition coefficient (Wildman–Crippen LogP) is 0.731. The highest BCUT2D eigenvalue weighted by molar-refractivity contribution is 5.92. The van der Waals surface area contributed by atoms with Gasteiger partial charge in [0.2, 0.25) is 12.3 Å². The smallest absolute Gasteiger partial charge is 0.251 e. The van der Waals surface area contributed by atoms with Gasteiger partial charge in [-0.1, -0.05) is 30.3 Å². The summed E-state index contributed by atoms with van der Waals surface area (Å²) in [5.74, 6) is -1.07. The third kappa shape index (κ3) is 4.20. The van der Waals surface area contributed by atoms with Crippen LogP contribution in [0.1, 0.15) is 28.4 Å². The lowest BCUT2D eigenvalue weighted by Crippen LogP contribution is -2.55. The Morgan fingerprint density at radius 1 is 1.15 bits per heavy atom. The molecule has 1 saturated heterocycles. The number of hydrogen-bond donors (Lipinski definition) is 2.